The zero-order chi connectivity index (χ0) is 25.9. The van der Waals surface area contributed by atoms with Gasteiger partial charge in [0.05, 0.1) is 19.7 Å². The zero-order valence-corrected chi connectivity index (χ0v) is 23.6. The second kappa shape index (κ2) is 19.6. The molecule has 2 atom stereocenters. The molecule has 0 aromatic carbocycles. The highest BCUT2D eigenvalue weighted by atomic mass is 32.3. The lowest BCUT2D eigenvalue weighted by molar-refractivity contribution is -0.882. The van der Waals surface area contributed by atoms with Gasteiger partial charge >= 0.3 is 0 Å². The lowest BCUT2D eigenvalue weighted by Crippen LogP contribution is -2.56. The summed E-state index contributed by atoms with van der Waals surface area (Å²) in [4.78, 5) is 4.71. The Kier molecular flexibility index (Phi) is 19.3. The molecule has 0 aliphatic carbocycles. The maximum Gasteiger partial charge on any atom is 0.217 e. The smallest absolute Gasteiger partial charge is 0.217 e. The van der Waals surface area contributed by atoms with Crippen LogP contribution in [0.25, 0.3) is 0 Å². The number of hydrogen-bond acceptors (Lipinski definition) is 6. The summed E-state index contributed by atoms with van der Waals surface area (Å²) >= 11 is 0. The van der Waals surface area contributed by atoms with Gasteiger partial charge in [-0.25, -0.2) is 13.4 Å². The first-order valence-electron chi connectivity index (χ1n) is 13.8. The molecule has 1 rings (SSSR count). The molecule has 8 heteroatoms. The number of aliphatic imine (C=N–C) groups is 1. The molecule has 1 heterocycles. The summed E-state index contributed by atoms with van der Waals surface area (Å²) in [6.45, 7) is 12.9. The lowest BCUT2D eigenvalue weighted by atomic mass is 10.0. The van der Waals surface area contributed by atoms with E-state index in [1.165, 1.54) is 96.2 Å². The van der Waals surface area contributed by atoms with Crippen LogP contribution in [0, 0.1) is 5.92 Å². The van der Waals surface area contributed by atoms with E-state index >= 15 is 0 Å². The monoisotopic (exact) mass is 506 g/mol. The number of aliphatic hydroxyl groups is 1. The molecule has 34 heavy (non-hydrogen) atoms. The Morgan fingerprint density at radius 3 is 1.74 bits per heavy atom. The van der Waals surface area contributed by atoms with E-state index in [1.54, 1.807) is 0 Å². The number of nitrogens with zero attached hydrogens (tertiary/aromatic N) is 2. The van der Waals surface area contributed by atoms with Crippen molar-refractivity contribution in [3.63, 3.8) is 0 Å². The maximum absolute atomic E-state index is 10.2. The van der Waals surface area contributed by atoms with Crippen LogP contribution in [-0.4, -0.2) is 60.9 Å². The average Bonchev–Trinajstić information content (AvgIpc) is 3.17. The highest BCUT2D eigenvalue weighted by molar-refractivity contribution is 7.80. The van der Waals surface area contributed by atoms with E-state index in [4.69, 9.17) is 4.99 Å². The summed E-state index contributed by atoms with van der Waals surface area (Å²) in [6, 6.07) is 0. The highest BCUT2D eigenvalue weighted by Gasteiger charge is 2.40. The van der Waals surface area contributed by atoms with Crippen LogP contribution in [0.5, 0.6) is 0 Å². The van der Waals surface area contributed by atoms with E-state index < -0.39 is 10.4 Å². The van der Waals surface area contributed by atoms with Crippen LogP contribution >= 0.6 is 0 Å². The fourth-order valence-electron chi connectivity index (χ4n) is 4.68. The van der Waals surface area contributed by atoms with Gasteiger partial charge in [0.1, 0.15) is 6.54 Å². The molecule has 7 nitrogen and oxygen atoms in total. The van der Waals surface area contributed by atoms with Crippen molar-refractivity contribution in [1.29, 1.82) is 0 Å². The first-order chi connectivity index (χ1) is 16.1. The summed E-state index contributed by atoms with van der Waals surface area (Å²) in [7, 11) is -4.42. The van der Waals surface area contributed by atoms with Crippen molar-refractivity contribution in [2.24, 2.45) is 10.9 Å². The minimum Gasteiger partial charge on any atom is -0.726 e. The van der Waals surface area contributed by atoms with Gasteiger partial charge in [-0.3, -0.25) is 8.67 Å². The molecule has 0 spiro atoms. The molecule has 1 aliphatic heterocycles. The molecule has 2 unspecified atom stereocenters. The van der Waals surface area contributed by atoms with Crippen molar-refractivity contribution < 1.29 is 26.7 Å². The predicted octanol–water partition coefficient (Wildman–Crippen LogP) is 6.17. The van der Waals surface area contributed by atoms with Gasteiger partial charge in [-0.15, -0.1) is 0 Å². The van der Waals surface area contributed by atoms with E-state index in [-0.39, 0.29) is 12.8 Å². The molecule has 0 amide bonds. The van der Waals surface area contributed by atoms with Crippen LogP contribution in [0.1, 0.15) is 125 Å². The van der Waals surface area contributed by atoms with Gasteiger partial charge in [-0.1, -0.05) is 90.9 Å². The largest absolute Gasteiger partial charge is 0.726 e. The van der Waals surface area contributed by atoms with Crippen molar-refractivity contribution in [1.82, 2.24) is 0 Å². The predicted molar refractivity (Wildman–Crippen MR) is 140 cm³/mol. The third kappa shape index (κ3) is 16.2. The van der Waals surface area contributed by atoms with E-state index in [9.17, 15) is 18.1 Å². The first-order valence-corrected chi connectivity index (χ1v) is 15.1. The number of amidine groups is 1. The molecular formula is C26H54N2O5S. The Labute approximate surface area is 210 Å². The van der Waals surface area contributed by atoms with Crippen LogP contribution in [-0.2, 0) is 14.6 Å². The molecule has 1 N–H and O–H groups in total. The van der Waals surface area contributed by atoms with Gasteiger partial charge < -0.3 is 9.66 Å². The summed E-state index contributed by atoms with van der Waals surface area (Å²) < 4.78 is 32.7. The number of unbranched alkanes of at least 4 members (excludes halogenated alkanes) is 11. The third-order valence-corrected chi connectivity index (χ3v) is 7.31. The average molecular weight is 507 g/mol. The van der Waals surface area contributed by atoms with Crippen molar-refractivity contribution in [3.8, 4) is 0 Å². The Morgan fingerprint density at radius 1 is 0.912 bits per heavy atom. The number of quaternary nitrogens is 1. The molecular weight excluding hydrogens is 452 g/mol. The standard InChI is InChI=1S/C24H49N2O.C2H6O4S/c1-5-26(23(4)27)21-20-25-24(26)19-17-15-13-11-9-7-6-8-10-12-14-16-18-22(2)3;1-2-6-7(3,4)5/h22-23,27H,5-21H2,1-4H3;2H2,1H3,(H,3,4,5)/q+1;/p-1. The Balaban J connectivity index is 0.00000135. The van der Waals surface area contributed by atoms with Crippen molar-refractivity contribution in [2.45, 2.75) is 131 Å². The second-order valence-electron chi connectivity index (χ2n) is 9.99. The Morgan fingerprint density at radius 2 is 1.38 bits per heavy atom. The molecule has 204 valence electrons. The Bertz CT molecular complexity index is 623. The van der Waals surface area contributed by atoms with Gasteiger partial charge in [-0.05, 0) is 26.2 Å². The highest BCUT2D eigenvalue weighted by Crippen LogP contribution is 2.23. The van der Waals surface area contributed by atoms with Crippen LogP contribution in [0.15, 0.2) is 4.99 Å². The number of hydrogen-bond donors (Lipinski definition) is 1. The normalized spacial score (nSPS) is 19.1. The second-order valence-corrected chi connectivity index (χ2v) is 11.0. The van der Waals surface area contributed by atoms with Crippen molar-refractivity contribution >= 4 is 16.2 Å². The SMILES string of the molecule is CCOS(=O)(=O)[O-].CC[N+]1(C(C)O)CCN=C1CCCCCCCCCCCCCCC(C)C. The summed E-state index contributed by atoms with van der Waals surface area (Å²) in [5, 5.41) is 10.2. The fourth-order valence-corrected chi connectivity index (χ4v) is 4.97. The summed E-state index contributed by atoms with van der Waals surface area (Å²) in [6.07, 6.45) is 19.0. The molecule has 0 saturated heterocycles. The van der Waals surface area contributed by atoms with Crippen molar-refractivity contribution in [3.05, 3.63) is 0 Å². The molecule has 1 aliphatic rings. The summed E-state index contributed by atoms with van der Waals surface area (Å²) in [5.41, 5.74) is 0. The molecule has 0 bridgehead atoms. The van der Waals surface area contributed by atoms with Crippen molar-refractivity contribution in [2.75, 3.05) is 26.2 Å². The van der Waals surface area contributed by atoms with Crippen LogP contribution < -0.4 is 0 Å². The summed E-state index contributed by atoms with van der Waals surface area (Å²) in [5.74, 6) is 2.13. The Hall–Kier alpha value is -0.540. The fraction of sp³-hybridized carbons (Fsp3) is 0.962. The minimum absolute atomic E-state index is 0.0914. The van der Waals surface area contributed by atoms with E-state index in [1.807, 2.05) is 6.92 Å². The van der Waals surface area contributed by atoms with Crippen LogP contribution in [0.4, 0.5) is 0 Å². The molecule has 0 radical (unpaired) electrons. The number of rotatable bonds is 19. The zero-order valence-electron chi connectivity index (χ0n) is 22.8. The van der Waals surface area contributed by atoms with E-state index in [0.717, 1.165) is 36.5 Å². The maximum atomic E-state index is 10.2. The molecule has 0 saturated carbocycles. The topological polar surface area (TPSA) is 99.0 Å². The third-order valence-electron chi connectivity index (χ3n) is 6.78. The number of likely N-dealkylation sites (N-methyl/N-ethyl adjacent to an activating group) is 1. The van der Waals surface area contributed by atoms with Gasteiger partial charge in [0.15, 0.2) is 6.23 Å². The molecule has 0 fully saturated rings. The van der Waals surface area contributed by atoms with Crippen LogP contribution in [0.2, 0.25) is 0 Å². The van der Waals surface area contributed by atoms with Gasteiger partial charge in [0.2, 0.25) is 16.2 Å². The van der Waals surface area contributed by atoms with E-state index in [0.29, 0.717) is 0 Å². The van der Waals surface area contributed by atoms with Gasteiger partial charge in [0, 0.05) is 13.3 Å². The van der Waals surface area contributed by atoms with Gasteiger partial charge in [-0.2, -0.15) is 0 Å². The van der Waals surface area contributed by atoms with Crippen LogP contribution in [0.3, 0.4) is 0 Å². The van der Waals surface area contributed by atoms with Gasteiger partial charge in [0.25, 0.3) is 0 Å². The quantitative estimate of drug-likeness (QED) is 0.0977. The molecule has 0 aromatic heterocycles. The lowest BCUT2D eigenvalue weighted by Gasteiger charge is -2.36. The minimum atomic E-state index is -4.42. The van der Waals surface area contributed by atoms with E-state index in [2.05, 4.69) is 25.0 Å². The first kappa shape index (κ1) is 33.5. The molecule has 0 aromatic rings. The number of aliphatic hydroxyl groups excluding tert-OH is 1.